The van der Waals surface area contributed by atoms with E-state index in [2.05, 4.69) is 4.99 Å². The molecule has 1 aliphatic rings. The molecule has 0 aromatic heterocycles. The monoisotopic (exact) mass is 214 g/mol. The van der Waals surface area contributed by atoms with Crippen LogP contribution in [0.25, 0.3) is 0 Å². The highest BCUT2D eigenvalue weighted by atomic mass is 16.5. The predicted molar refractivity (Wildman–Crippen MR) is 63.2 cm³/mol. The Bertz CT molecular complexity index is 211. The Kier molecular flexibility index (Phi) is 7.95. The fraction of sp³-hybridized carbons (Fsp3) is 0.727. The van der Waals surface area contributed by atoms with Gasteiger partial charge < -0.3 is 15.2 Å². The van der Waals surface area contributed by atoms with Crippen LogP contribution in [0.15, 0.2) is 16.8 Å². The van der Waals surface area contributed by atoms with E-state index in [0.717, 1.165) is 5.70 Å². The van der Waals surface area contributed by atoms with Crippen molar-refractivity contribution in [1.29, 1.82) is 0 Å². The van der Waals surface area contributed by atoms with Gasteiger partial charge in [-0.25, -0.2) is 0 Å². The number of nitrogens with two attached hydrogens (primary N) is 1. The summed E-state index contributed by atoms with van der Waals surface area (Å²) in [7, 11) is 1.67. The van der Waals surface area contributed by atoms with Gasteiger partial charge in [-0.3, -0.25) is 4.99 Å². The highest BCUT2D eigenvalue weighted by molar-refractivity contribution is 5.72. The summed E-state index contributed by atoms with van der Waals surface area (Å²) < 4.78 is 10.4. The van der Waals surface area contributed by atoms with Crippen molar-refractivity contribution in [3.05, 3.63) is 11.8 Å². The molecule has 88 valence electrons. The smallest absolute Gasteiger partial charge is 0.105 e. The van der Waals surface area contributed by atoms with E-state index in [1.165, 1.54) is 0 Å². The number of hydrogen-bond donors (Lipinski definition) is 1. The molecule has 0 aromatic carbocycles. The number of ether oxygens (including phenoxy) is 2. The second-order valence-corrected chi connectivity index (χ2v) is 3.09. The maximum Gasteiger partial charge on any atom is 0.105 e. The second-order valence-electron chi connectivity index (χ2n) is 3.09. The van der Waals surface area contributed by atoms with Gasteiger partial charge in [-0.15, -0.1) is 0 Å². The Labute approximate surface area is 92.2 Å². The first-order valence-corrected chi connectivity index (χ1v) is 5.30. The Hall–Kier alpha value is -0.870. The maximum atomic E-state index is 5.45. The van der Waals surface area contributed by atoms with Crippen LogP contribution in [0, 0.1) is 0 Å². The minimum atomic E-state index is 0.0859. The molecule has 4 heteroatoms. The summed E-state index contributed by atoms with van der Waals surface area (Å²) in [6.45, 7) is 7.08. The van der Waals surface area contributed by atoms with Crippen molar-refractivity contribution in [2.24, 2.45) is 10.7 Å². The van der Waals surface area contributed by atoms with E-state index in [-0.39, 0.29) is 12.1 Å². The van der Waals surface area contributed by atoms with E-state index in [1.54, 1.807) is 19.4 Å². The van der Waals surface area contributed by atoms with Gasteiger partial charge in [-0.05, 0) is 13.0 Å². The third-order valence-corrected chi connectivity index (χ3v) is 1.92. The lowest BCUT2D eigenvalue weighted by molar-refractivity contribution is 0.0780. The molecule has 1 heterocycles. The summed E-state index contributed by atoms with van der Waals surface area (Å²) in [4.78, 5) is 4.28. The Morgan fingerprint density at radius 1 is 1.47 bits per heavy atom. The second kappa shape index (κ2) is 8.44. The first kappa shape index (κ1) is 14.1. The molecule has 0 radical (unpaired) electrons. The van der Waals surface area contributed by atoms with Crippen LogP contribution < -0.4 is 5.73 Å². The summed E-state index contributed by atoms with van der Waals surface area (Å²) in [6.07, 6.45) is 3.56. The molecule has 0 spiro atoms. The molecule has 1 unspecified atom stereocenters. The highest BCUT2D eigenvalue weighted by Gasteiger charge is 2.26. The fourth-order valence-electron chi connectivity index (χ4n) is 1.16. The topological polar surface area (TPSA) is 56.8 Å². The van der Waals surface area contributed by atoms with E-state index in [9.17, 15) is 0 Å². The third kappa shape index (κ3) is 5.54. The first-order chi connectivity index (χ1) is 7.24. The number of allylic oxidation sites excluding steroid dienone is 2. The van der Waals surface area contributed by atoms with Crippen LogP contribution in [0.2, 0.25) is 0 Å². The number of nitrogens with zero attached hydrogens (tertiary/aromatic N) is 1. The Balaban J connectivity index is 0.000000921. The summed E-state index contributed by atoms with van der Waals surface area (Å²) in [5.74, 6) is 0. The minimum Gasteiger partial charge on any atom is -0.402 e. The van der Waals surface area contributed by atoms with Crippen LogP contribution in [0.1, 0.15) is 20.8 Å². The van der Waals surface area contributed by atoms with Crippen LogP contribution in [0.5, 0.6) is 0 Å². The van der Waals surface area contributed by atoms with Crippen molar-refractivity contribution in [1.82, 2.24) is 0 Å². The zero-order valence-electron chi connectivity index (χ0n) is 10.1. The number of rotatable bonds is 3. The van der Waals surface area contributed by atoms with Gasteiger partial charge in [0.25, 0.3) is 0 Å². The molecule has 0 bridgehead atoms. The average Bonchev–Trinajstić information content (AvgIpc) is 2.68. The molecule has 1 rings (SSSR count). The molecular formula is C11H22N2O2. The van der Waals surface area contributed by atoms with Gasteiger partial charge >= 0.3 is 0 Å². The molecule has 4 nitrogen and oxygen atoms in total. The Morgan fingerprint density at radius 2 is 2.13 bits per heavy atom. The van der Waals surface area contributed by atoms with Crippen LogP contribution >= 0.6 is 0 Å². The molecule has 1 saturated heterocycles. The quantitative estimate of drug-likeness (QED) is 0.722. The van der Waals surface area contributed by atoms with E-state index < -0.39 is 0 Å². The molecule has 1 aliphatic heterocycles. The van der Waals surface area contributed by atoms with Crippen LogP contribution in [-0.2, 0) is 9.47 Å². The van der Waals surface area contributed by atoms with Crippen molar-refractivity contribution in [2.75, 3.05) is 20.3 Å². The Morgan fingerprint density at radius 3 is 2.67 bits per heavy atom. The summed E-state index contributed by atoms with van der Waals surface area (Å²) in [6, 6.07) is 0.112. The van der Waals surface area contributed by atoms with E-state index in [0.29, 0.717) is 13.2 Å². The van der Waals surface area contributed by atoms with Crippen LogP contribution in [0.3, 0.4) is 0 Å². The highest BCUT2D eigenvalue weighted by Crippen LogP contribution is 2.11. The molecule has 2 N–H and O–H groups in total. The molecular weight excluding hydrogens is 192 g/mol. The van der Waals surface area contributed by atoms with Crippen molar-refractivity contribution in [3.8, 4) is 0 Å². The SMILES string of the molecule is CC.CO[C@H]1COCC1N=C/C=C(/C)N. The fourth-order valence-corrected chi connectivity index (χ4v) is 1.16. The summed E-state index contributed by atoms with van der Waals surface area (Å²) in [5, 5.41) is 0. The van der Waals surface area contributed by atoms with Crippen LogP contribution in [-0.4, -0.2) is 38.7 Å². The van der Waals surface area contributed by atoms with Gasteiger partial charge in [0, 0.05) is 19.0 Å². The van der Waals surface area contributed by atoms with Crippen molar-refractivity contribution in [2.45, 2.75) is 32.9 Å². The molecule has 0 amide bonds. The number of aliphatic imine (C=N–C) groups is 1. The van der Waals surface area contributed by atoms with Crippen molar-refractivity contribution in [3.63, 3.8) is 0 Å². The summed E-state index contributed by atoms with van der Waals surface area (Å²) >= 11 is 0. The largest absolute Gasteiger partial charge is 0.402 e. The van der Waals surface area contributed by atoms with Gasteiger partial charge in [-0.1, -0.05) is 13.8 Å². The number of methoxy groups -OCH3 is 1. The van der Waals surface area contributed by atoms with Crippen molar-refractivity contribution < 1.29 is 9.47 Å². The van der Waals surface area contributed by atoms with Crippen LogP contribution in [0.4, 0.5) is 0 Å². The maximum absolute atomic E-state index is 5.45. The van der Waals surface area contributed by atoms with E-state index in [1.807, 2.05) is 20.8 Å². The summed E-state index contributed by atoms with van der Waals surface area (Å²) in [5.41, 5.74) is 6.20. The van der Waals surface area contributed by atoms with Gasteiger partial charge in [0.15, 0.2) is 0 Å². The molecule has 15 heavy (non-hydrogen) atoms. The van der Waals surface area contributed by atoms with E-state index >= 15 is 0 Å². The minimum absolute atomic E-state index is 0.0859. The standard InChI is InChI=1S/C9H16N2O2.C2H6/c1-7(10)3-4-11-8-5-13-6-9(8)12-2;1-2/h3-4,8-9H,5-6,10H2,1-2H3;1-2H3/b7-3-,11-4?;/t8?,9-;/m0./s1. The van der Waals surface area contributed by atoms with Crippen molar-refractivity contribution >= 4 is 6.21 Å². The number of hydrogen-bond acceptors (Lipinski definition) is 4. The van der Waals surface area contributed by atoms with Gasteiger partial charge in [-0.2, -0.15) is 0 Å². The average molecular weight is 214 g/mol. The molecule has 0 aromatic rings. The lowest BCUT2D eigenvalue weighted by Crippen LogP contribution is -2.24. The zero-order chi connectivity index (χ0) is 11.7. The lowest BCUT2D eigenvalue weighted by atomic mass is 10.2. The van der Waals surface area contributed by atoms with Gasteiger partial charge in [0.2, 0.25) is 0 Å². The van der Waals surface area contributed by atoms with Gasteiger partial charge in [0.1, 0.15) is 12.1 Å². The predicted octanol–water partition coefficient (Wildman–Crippen LogP) is 1.36. The first-order valence-electron chi connectivity index (χ1n) is 5.30. The normalized spacial score (nSPS) is 26.5. The molecule has 2 atom stereocenters. The molecule has 0 saturated carbocycles. The van der Waals surface area contributed by atoms with Gasteiger partial charge in [0.05, 0.1) is 13.2 Å². The molecule has 1 fully saturated rings. The zero-order valence-corrected chi connectivity index (χ0v) is 10.1. The molecule has 0 aliphatic carbocycles. The van der Waals surface area contributed by atoms with E-state index in [4.69, 9.17) is 15.2 Å². The third-order valence-electron chi connectivity index (χ3n) is 1.92. The lowest BCUT2D eigenvalue weighted by Gasteiger charge is -2.10.